The van der Waals surface area contributed by atoms with E-state index in [0.717, 1.165) is 15.9 Å². The standard InChI is InChI=1S/C14H18N2OSi/c1-11-7-6-10-14(12(11)2)18(16,17-15)13-8-4-3-5-9-13/h3-10H,15-16H2,1-2H3. The van der Waals surface area contributed by atoms with Gasteiger partial charge in [-0.25, -0.2) is 5.90 Å². The molecule has 0 saturated carbocycles. The van der Waals surface area contributed by atoms with Gasteiger partial charge in [0.25, 0.3) is 0 Å². The molecule has 0 spiro atoms. The molecule has 3 nitrogen and oxygen atoms in total. The third kappa shape index (κ3) is 2.11. The molecule has 0 bridgehead atoms. The first-order chi connectivity index (χ1) is 8.59. The van der Waals surface area contributed by atoms with Gasteiger partial charge in [-0.15, -0.1) is 0 Å². The van der Waals surface area contributed by atoms with E-state index in [-0.39, 0.29) is 0 Å². The maximum Gasteiger partial charge on any atom is 0.353 e. The van der Waals surface area contributed by atoms with E-state index >= 15 is 0 Å². The largest absolute Gasteiger partial charge is 0.353 e. The topological polar surface area (TPSA) is 61.3 Å². The van der Waals surface area contributed by atoms with Crippen LogP contribution in [0.15, 0.2) is 48.5 Å². The summed E-state index contributed by atoms with van der Waals surface area (Å²) in [5.41, 5.74) is 2.35. The van der Waals surface area contributed by atoms with Crippen molar-refractivity contribution < 1.29 is 4.53 Å². The lowest BCUT2D eigenvalue weighted by Crippen LogP contribution is -2.70. The molecule has 2 aromatic rings. The second-order valence-corrected chi connectivity index (χ2v) is 7.29. The van der Waals surface area contributed by atoms with Crippen molar-refractivity contribution in [2.45, 2.75) is 13.8 Å². The fourth-order valence-electron chi connectivity index (χ4n) is 2.13. The van der Waals surface area contributed by atoms with Gasteiger partial charge < -0.3 is 9.93 Å². The zero-order valence-electron chi connectivity index (χ0n) is 10.7. The van der Waals surface area contributed by atoms with Crippen LogP contribution in [0.1, 0.15) is 11.1 Å². The molecule has 2 rings (SSSR count). The first kappa shape index (κ1) is 13.0. The van der Waals surface area contributed by atoms with Gasteiger partial charge in [-0.2, -0.15) is 0 Å². The summed E-state index contributed by atoms with van der Waals surface area (Å²) in [6.07, 6.45) is 0. The molecule has 0 heterocycles. The first-order valence-corrected chi connectivity index (χ1v) is 7.87. The quantitative estimate of drug-likeness (QED) is 0.629. The Morgan fingerprint density at radius 3 is 2.22 bits per heavy atom. The van der Waals surface area contributed by atoms with E-state index in [2.05, 4.69) is 19.9 Å². The summed E-state index contributed by atoms with van der Waals surface area (Å²) < 4.78 is 5.26. The molecule has 4 N–H and O–H groups in total. The summed E-state index contributed by atoms with van der Waals surface area (Å²) in [5.74, 6) is 5.53. The number of hydrogen-bond donors (Lipinski definition) is 2. The molecule has 94 valence electrons. The minimum absolute atomic E-state index is 0.973. The molecule has 0 aliphatic rings. The molecule has 0 aliphatic heterocycles. The van der Waals surface area contributed by atoms with Gasteiger partial charge in [-0.1, -0.05) is 48.5 Å². The van der Waals surface area contributed by atoms with Gasteiger partial charge in [0, 0.05) is 0 Å². The average Bonchev–Trinajstić information content (AvgIpc) is 2.42. The van der Waals surface area contributed by atoms with Crippen LogP contribution < -0.4 is 21.7 Å². The smallest absolute Gasteiger partial charge is 0.321 e. The number of nitrogens with two attached hydrogens (primary N) is 2. The lowest BCUT2D eigenvalue weighted by Gasteiger charge is -2.26. The predicted octanol–water partition coefficient (Wildman–Crippen LogP) is 0.709. The van der Waals surface area contributed by atoms with Crippen LogP contribution in [0.25, 0.3) is 0 Å². The highest BCUT2D eigenvalue weighted by atomic mass is 28.4. The van der Waals surface area contributed by atoms with E-state index in [9.17, 15) is 0 Å². The number of rotatable bonds is 3. The highest BCUT2D eigenvalue weighted by molar-refractivity contribution is 6.95. The van der Waals surface area contributed by atoms with Gasteiger partial charge in [0.05, 0.1) is 0 Å². The summed E-state index contributed by atoms with van der Waals surface area (Å²) in [6.45, 7) is 4.12. The predicted molar refractivity (Wildman–Crippen MR) is 76.8 cm³/mol. The zero-order valence-corrected chi connectivity index (χ0v) is 11.7. The maximum atomic E-state index is 6.50. The first-order valence-electron chi connectivity index (χ1n) is 5.88. The highest BCUT2D eigenvalue weighted by Gasteiger charge is 2.37. The van der Waals surface area contributed by atoms with E-state index in [0.29, 0.717) is 0 Å². The van der Waals surface area contributed by atoms with Gasteiger partial charge in [0.15, 0.2) is 0 Å². The fourth-order valence-corrected chi connectivity index (χ4v) is 4.49. The van der Waals surface area contributed by atoms with Crippen molar-refractivity contribution in [1.29, 1.82) is 0 Å². The number of benzene rings is 2. The van der Waals surface area contributed by atoms with Crippen LogP contribution in [0.5, 0.6) is 0 Å². The third-order valence-electron chi connectivity index (χ3n) is 3.39. The molecule has 4 heteroatoms. The van der Waals surface area contributed by atoms with Crippen molar-refractivity contribution in [3.05, 3.63) is 59.7 Å². The van der Waals surface area contributed by atoms with Gasteiger partial charge in [0.2, 0.25) is 0 Å². The lowest BCUT2D eigenvalue weighted by molar-refractivity contribution is 0.333. The molecule has 0 amide bonds. The van der Waals surface area contributed by atoms with Crippen molar-refractivity contribution in [3.63, 3.8) is 0 Å². The molecule has 0 aliphatic carbocycles. The minimum Gasteiger partial charge on any atom is -0.321 e. The Balaban J connectivity index is 2.61. The summed E-state index contributed by atoms with van der Waals surface area (Å²) in [7, 11) is -2.77. The van der Waals surface area contributed by atoms with Gasteiger partial charge in [0.1, 0.15) is 0 Å². The van der Waals surface area contributed by atoms with Crippen LogP contribution in [0, 0.1) is 13.8 Å². The third-order valence-corrected chi connectivity index (χ3v) is 6.30. The molecular weight excluding hydrogens is 240 g/mol. The summed E-state index contributed by atoms with van der Waals surface area (Å²) in [5, 5.41) is 8.50. The van der Waals surface area contributed by atoms with Crippen molar-refractivity contribution in [2.75, 3.05) is 0 Å². The SMILES string of the molecule is Cc1cccc([Si](N)(ON)c2ccccc2)c1C. The Morgan fingerprint density at radius 2 is 1.61 bits per heavy atom. The summed E-state index contributed by atoms with van der Waals surface area (Å²) in [6, 6.07) is 15.9. The van der Waals surface area contributed by atoms with Crippen LogP contribution in [-0.4, -0.2) is 8.48 Å². The zero-order chi connectivity index (χ0) is 13.2. The molecule has 1 unspecified atom stereocenters. The van der Waals surface area contributed by atoms with E-state index in [1.54, 1.807) is 0 Å². The van der Waals surface area contributed by atoms with Crippen LogP contribution in [0.3, 0.4) is 0 Å². The average molecular weight is 258 g/mol. The van der Waals surface area contributed by atoms with Crippen molar-refractivity contribution in [2.24, 2.45) is 11.3 Å². The molecule has 2 aromatic carbocycles. The van der Waals surface area contributed by atoms with Crippen LogP contribution in [0.4, 0.5) is 0 Å². The molecule has 0 saturated heterocycles. The number of hydrogen-bond acceptors (Lipinski definition) is 3. The normalized spacial score (nSPS) is 14.2. The van der Waals surface area contributed by atoms with Crippen molar-refractivity contribution >= 4 is 18.9 Å². The maximum absolute atomic E-state index is 6.50. The monoisotopic (exact) mass is 258 g/mol. The Labute approximate surface area is 109 Å². The Morgan fingerprint density at radius 1 is 0.944 bits per heavy atom. The van der Waals surface area contributed by atoms with Crippen molar-refractivity contribution in [1.82, 2.24) is 0 Å². The van der Waals surface area contributed by atoms with Crippen LogP contribution in [0.2, 0.25) is 0 Å². The fraction of sp³-hybridized carbons (Fsp3) is 0.143. The molecule has 0 radical (unpaired) electrons. The molecule has 18 heavy (non-hydrogen) atoms. The van der Waals surface area contributed by atoms with Crippen molar-refractivity contribution in [3.8, 4) is 0 Å². The van der Waals surface area contributed by atoms with Gasteiger partial charge >= 0.3 is 8.48 Å². The Hall–Kier alpha value is -1.46. The Bertz CT molecular complexity index is 545. The summed E-state index contributed by atoms with van der Waals surface area (Å²) in [4.78, 5) is 0. The molecule has 0 aromatic heterocycles. The summed E-state index contributed by atoms with van der Waals surface area (Å²) >= 11 is 0. The molecular formula is C14H18N2OSi. The second kappa shape index (κ2) is 5.03. The van der Waals surface area contributed by atoms with E-state index in [1.165, 1.54) is 5.56 Å². The van der Waals surface area contributed by atoms with E-state index in [1.807, 2.05) is 42.5 Å². The minimum atomic E-state index is -2.77. The van der Waals surface area contributed by atoms with Crippen LogP contribution in [-0.2, 0) is 4.53 Å². The van der Waals surface area contributed by atoms with Gasteiger partial charge in [-0.3, -0.25) is 0 Å². The van der Waals surface area contributed by atoms with E-state index < -0.39 is 8.48 Å². The molecule has 0 fully saturated rings. The lowest BCUT2D eigenvalue weighted by atomic mass is 10.1. The van der Waals surface area contributed by atoms with Gasteiger partial charge in [-0.05, 0) is 35.3 Å². The van der Waals surface area contributed by atoms with E-state index in [4.69, 9.17) is 15.8 Å². The second-order valence-electron chi connectivity index (χ2n) is 4.47. The number of aryl methyl sites for hydroxylation is 1. The van der Waals surface area contributed by atoms with Crippen LogP contribution >= 0.6 is 0 Å². The molecule has 1 atom stereocenters. The highest BCUT2D eigenvalue weighted by Crippen LogP contribution is 2.08. The Kier molecular flexibility index (Phi) is 3.63.